The molecule has 1 aromatic carbocycles. The highest BCUT2D eigenvalue weighted by molar-refractivity contribution is 6.30. The van der Waals surface area contributed by atoms with Gasteiger partial charge in [0.2, 0.25) is 0 Å². The summed E-state index contributed by atoms with van der Waals surface area (Å²) >= 11 is 5.78. The summed E-state index contributed by atoms with van der Waals surface area (Å²) in [6.07, 6.45) is 1.67. The van der Waals surface area contributed by atoms with E-state index in [-0.39, 0.29) is 0 Å². The molecule has 2 rings (SSSR count). The van der Waals surface area contributed by atoms with Crippen LogP contribution in [0.5, 0.6) is 0 Å². The van der Waals surface area contributed by atoms with Crippen LogP contribution in [-0.2, 0) is 6.54 Å². The van der Waals surface area contributed by atoms with E-state index in [1.54, 1.807) is 6.26 Å². The Balaban J connectivity index is 2.34. The van der Waals surface area contributed by atoms with Crippen molar-refractivity contribution in [1.29, 1.82) is 0 Å². The van der Waals surface area contributed by atoms with Gasteiger partial charge in [0.1, 0.15) is 5.76 Å². The van der Waals surface area contributed by atoms with Crippen molar-refractivity contribution in [2.75, 3.05) is 0 Å². The SMILES string of the molecule is NCc1coc(-c2ccc(Cl)cc2)c1. The molecular weight excluding hydrogens is 198 g/mol. The van der Waals surface area contributed by atoms with E-state index in [1.807, 2.05) is 30.3 Å². The van der Waals surface area contributed by atoms with E-state index in [2.05, 4.69) is 0 Å². The maximum absolute atomic E-state index is 5.78. The molecule has 0 aliphatic rings. The van der Waals surface area contributed by atoms with Crippen LogP contribution in [0.2, 0.25) is 5.02 Å². The molecule has 2 N–H and O–H groups in total. The van der Waals surface area contributed by atoms with Crippen molar-refractivity contribution in [2.45, 2.75) is 6.54 Å². The lowest BCUT2D eigenvalue weighted by Crippen LogP contribution is -1.92. The van der Waals surface area contributed by atoms with Crippen molar-refractivity contribution >= 4 is 11.6 Å². The molecule has 0 bridgehead atoms. The lowest BCUT2D eigenvalue weighted by molar-refractivity contribution is 0.578. The van der Waals surface area contributed by atoms with Crippen LogP contribution in [0.25, 0.3) is 11.3 Å². The average Bonchev–Trinajstić information content (AvgIpc) is 2.67. The zero-order valence-corrected chi connectivity index (χ0v) is 8.29. The van der Waals surface area contributed by atoms with Crippen LogP contribution in [0.1, 0.15) is 5.56 Å². The zero-order valence-electron chi connectivity index (χ0n) is 7.53. The first-order valence-electron chi connectivity index (χ1n) is 4.33. The van der Waals surface area contributed by atoms with Crippen molar-refractivity contribution in [3.63, 3.8) is 0 Å². The van der Waals surface area contributed by atoms with Crippen molar-refractivity contribution in [1.82, 2.24) is 0 Å². The first-order valence-corrected chi connectivity index (χ1v) is 4.71. The normalized spacial score (nSPS) is 10.4. The predicted octanol–water partition coefficient (Wildman–Crippen LogP) is 3.06. The Labute approximate surface area is 87.3 Å². The van der Waals surface area contributed by atoms with E-state index in [0.29, 0.717) is 6.54 Å². The highest BCUT2D eigenvalue weighted by Gasteiger charge is 2.02. The summed E-state index contributed by atoms with van der Waals surface area (Å²) in [5.41, 5.74) is 7.49. The Kier molecular flexibility index (Phi) is 2.57. The lowest BCUT2D eigenvalue weighted by Gasteiger charge is -1.95. The Morgan fingerprint density at radius 2 is 1.93 bits per heavy atom. The molecule has 14 heavy (non-hydrogen) atoms. The maximum Gasteiger partial charge on any atom is 0.134 e. The molecule has 72 valence electrons. The summed E-state index contributed by atoms with van der Waals surface area (Å²) in [4.78, 5) is 0. The molecule has 1 heterocycles. The summed E-state index contributed by atoms with van der Waals surface area (Å²) in [5, 5.41) is 0.722. The lowest BCUT2D eigenvalue weighted by atomic mass is 10.1. The second kappa shape index (κ2) is 3.86. The second-order valence-electron chi connectivity index (χ2n) is 3.03. The van der Waals surface area contributed by atoms with Crippen LogP contribution in [0.15, 0.2) is 41.0 Å². The second-order valence-corrected chi connectivity index (χ2v) is 3.47. The highest BCUT2D eigenvalue weighted by atomic mass is 35.5. The van der Waals surface area contributed by atoms with Gasteiger partial charge >= 0.3 is 0 Å². The number of nitrogens with two attached hydrogens (primary N) is 1. The molecule has 1 aromatic heterocycles. The third-order valence-electron chi connectivity index (χ3n) is 2.02. The molecule has 0 fully saturated rings. The minimum absolute atomic E-state index is 0.497. The van der Waals surface area contributed by atoms with Gasteiger partial charge in [-0.15, -0.1) is 0 Å². The molecule has 0 saturated carbocycles. The van der Waals surface area contributed by atoms with E-state index < -0.39 is 0 Å². The van der Waals surface area contributed by atoms with E-state index >= 15 is 0 Å². The van der Waals surface area contributed by atoms with Gasteiger partial charge in [0.25, 0.3) is 0 Å². The van der Waals surface area contributed by atoms with Crippen molar-refractivity contribution in [2.24, 2.45) is 5.73 Å². The van der Waals surface area contributed by atoms with Gasteiger partial charge in [-0.3, -0.25) is 0 Å². The van der Waals surface area contributed by atoms with E-state index in [1.165, 1.54) is 0 Å². The van der Waals surface area contributed by atoms with Gasteiger partial charge in [0.15, 0.2) is 0 Å². The average molecular weight is 208 g/mol. The third kappa shape index (κ3) is 1.81. The monoisotopic (exact) mass is 207 g/mol. The first kappa shape index (κ1) is 9.31. The van der Waals surface area contributed by atoms with Crippen LogP contribution in [0.3, 0.4) is 0 Å². The van der Waals surface area contributed by atoms with E-state index in [0.717, 1.165) is 21.9 Å². The van der Waals surface area contributed by atoms with Crippen molar-refractivity contribution < 1.29 is 4.42 Å². The summed E-state index contributed by atoms with van der Waals surface area (Å²) in [6, 6.07) is 9.44. The number of furan rings is 1. The zero-order chi connectivity index (χ0) is 9.97. The minimum Gasteiger partial charge on any atom is -0.464 e. The quantitative estimate of drug-likeness (QED) is 0.822. The van der Waals surface area contributed by atoms with Crippen molar-refractivity contribution in [3.05, 3.63) is 47.2 Å². The summed E-state index contributed by atoms with van der Waals surface area (Å²) in [6.45, 7) is 0.497. The Bertz CT molecular complexity index is 419. The molecule has 2 nitrogen and oxygen atoms in total. The molecule has 3 heteroatoms. The van der Waals surface area contributed by atoms with Crippen LogP contribution in [-0.4, -0.2) is 0 Å². The Morgan fingerprint density at radius 1 is 1.21 bits per heavy atom. The molecule has 0 spiro atoms. The Morgan fingerprint density at radius 3 is 2.50 bits per heavy atom. The minimum atomic E-state index is 0.497. The molecule has 0 aliphatic heterocycles. The van der Waals surface area contributed by atoms with Crippen LogP contribution < -0.4 is 5.73 Å². The maximum atomic E-state index is 5.78. The smallest absolute Gasteiger partial charge is 0.134 e. The topological polar surface area (TPSA) is 39.2 Å². The van der Waals surface area contributed by atoms with Gasteiger partial charge in [-0.05, 0) is 30.3 Å². The molecule has 0 atom stereocenters. The van der Waals surface area contributed by atoms with E-state index in [4.69, 9.17) is 21.8 Å². The number of hydrogen-bond acceptors (Lipinski definition) is 2. The van der Waals surface area contributed by atoms with Gasteiger partial charge in [-0.1, -0.05) is 11.6 Å². The molecule has 0 saturated heterocycles. The van der Waals surface area contributed by atoms with Gasteiger partial charge in [0, 0.05) is 22.7 Å². The van der Waals surface area contributed by atoms with Gasteiger partial charge in [-0.25, -0.2) is 0 Å². The van der Waals surface area contributed by atoms with E-state index in [9.17, 15) is 0 Å². The fraction of sp³-hybridized carbons (Fsp3) is 0.0909. The van der Waals surface area contributed by atoms with Gasteiger partial charge in [0.05, 0.1) is 6.26 Å². The third-order valence-corrected chi connectivity index (χ3v) is 2.27. The fourth-order valence-electron chi connectivity index (χ4n) is 1.25. The van der Waals surface area contributed by atoms with Gasteiger partial charge in [-0.2, -0.15) is 0 Å². The number of benzene rings is 1. The molecule has 0 aliphatic carbocycles. The Hall–Kier alpha value is -1.25. The molecular formula is C11H10ClNO. The van der Waals surface area contributed by atoms with Gasteiger partial charge < -0.3 is 10.2 Å². The summed E-state index contributed by atoms with van der Waals surface area (Å²) < 4.78 is 5.36. The highest BCUT2D eigenvalue weighted by Crippen LogP contribution is 2.23. The molecule has 0 unspecified atom stereocenters. The number of hydrogen-bond donors (Lipinski definition) is 1. The van der Waals surface area contributed by atoms with Crippen LogP contribution >= 0.6 is 11.6 Å². The fourth-order valence-corrected chi connectivity index (χ4v) is 1.37. The first-order chi connectivity index (χ1) is 6.79. The predicted molar refractivity (Wildman–Crippen MR) is 57.0 cm³/mol. The number of rotatable bonds is 2. The molecule has 0 radical (unpaired) electrons. The largest absolute Gasteiger partial charge is 0.464 e. The van der Waals surface area contributed by atoms with Crippen LogP contribution in [0, 0.1) is 0 Å². The number of halogens is 1. The molecule has 2 aromatic rings. The molecule has 0 amide bonds. The van der Waals surface area contributed by atoms with Crippen LogP contribution in [0.4, 0.5) is 0 Å². The summed E-state index contributed by atoms with van der Waals surface area (Å²) in [5.74, 6) is 0.821. The summed E-state index contributed by atoms with van der Waals surface area (Å²) in [7, 11) is 0. The standard InChI is InChI=1S/C11H10ClNO/c12-10-3-1-9(2-4-10)11-5-8(6-13)7-14-11/h1-5,7H,6,13H2. The van der Waals surface area contributed by atoms with Crippen molar-refractivity contribution in [3.8, 4) is 11.3 Å².